The Bertz CT molecular complexity index is 1390. The predicted octanol–water partition coefficient (Wildman–Crippen LogP) is 5.02. The van der Waals surface area contributed by atoms with Gasteiger partial charge in [0.05, 0.1) is 17.7 Å². The van der Waals surface area contributed by atoms with Crippen molar-refractivity contribution in [2.45, 2.75) is 56.1 Å². The number of carbonyl (C=O) groups is 2. The van der Waals surface area contributed by atoms with Gasteiger partial charge < -0.3 is 15.0 Å². The highest BCUT2D eigenvalue weighted by Gasteiger charge is 2.33. The van der Waals surface area contributed by atoms with Crippen LogP contribution in [0.2, 0.25) is 5.02 Å². The SMILES string of the molecule is COc1ccc(N(CC(=O)N(Cc2ccc(Cl)cc2)C(C)C(=O)NC2CCCC2)S(=O)(=O)c2ccccc2)cc1. The van der Waals surface area contributed by atoms with Crippen LogP contribution in [0.1, 0.15) is 38.2 Å². The molecule has 3 aromatic rings. The Hall–Kier alpha value is -3.56. The van der Waals surface area contributed by atoms with E-state index >= 15 is 0 Å². The second-order valence-electron chi connectivity index (χ2n) is 9.84. The lowest BCUT2D eigenvalue weighted by atomic mass is 10.1. The van der Waals surface area contributed by atoms with Crippen molar-refractivity contribution < 1.29 is 22.7 Å². The summed E-state index contributed by atoms with van der Waals surface area (Å²) >= 11 is 6.06. The van der Waals surface area contributed by atoms with E-state index in [4.69, 9.17) is 16.3 Å². The van der Waals surface area contributed by atoms with Crippen molar-refractivity contribution in [2.75, 3.05) is 18.0 Å². The summed E-state index contributed by atoms with van der Waals surface area (Å²) in [6, 6.07) is 20.6. The number of hydrogen-bond acceptors (Lipinski definition) is 5. The molecule has 40 heavy (non-hydrogen) atoms. The lowest BCUT2D eigenvalue weighted by Crippen LogP contribution is -2.52. The fourth-order valence-corrected chi connectivity index (χ4v) is 6.32. The fraction of sp³-hybridized carbons (Fsp3) is 0.333. The van der Waals surface area contributed by atoms with Crippen molar-refractivity contribution in [2.24, 2.45) is 0 Å². The Morgan fingerprint density at radius 3 is 2.20 bits per heavy atom. The van der Waals surface area contributed by atoms with Gasteiger partial charge in [0.2, 0.25) is 11.8 Å². The van der Waals surface area contributed by atoms with Crippen LogP contribution < -0.4 is 14.4 Å². The van der Waals surface area contributed by atoms with Crippen LogP contribution in [-0.4, -0.2) is 50.9 Å². The number of methoxy groups -OCH3 is 1. The van der Waals surface area contributed by atoms with Gasteiger partial charge >= 0.3 is 0 Å². The fourth-order valence-electron chi connectivity index (χ4n) is 4.76. The third-order valence-electron chi connectivity index (χ3n) is 7.11. The standard InChI is InChI=1S/C30H34ClN3O5S/c1-22(30(36)32-25-8-6-7-9-25)33(20-23-12-14-24(31)15-13-23)29(35)21-34(26-16-18-27(39-2)19-17-26)40(37,38)28-10-4-3-5-11-28/h3-5,10-19,22,25H,6-9,20-21H2,1-2H3,(H,32,36). The highest BCUT2D eigenvalue weighted by Crippen LogP contribution is 2.27. The molecule has 1 aliphatic carbocycles. The number of hydrogen-bond donors (Lipinski definition) is 1. The molecule has 4 rings (SSSR count). The maximum absolute atomic E-state index is 14.0. The zero-order chi connectivity index (χ0) is 28.7. The van der Waals surface area contributed by atoms with Gasteiger partial charge in [-0.25, -0.2) is 8.42 Å². The largest absolute Gasteiger partial charge is 0.497 e. The van der Waals surface area contributed by atoms with E-state index in [1.54, 1.807) is 73.7 Å². The highest BCUT2D eigenvalue weighted by atomic mass is 35.5. The summed E-state index contributed by atoms with van der Waals surface area (Å²) in [5.41, 5.74) is 1.06. The molecular formula is C30H34ClN3O5S. The zero-order valence-electron chi connectivity index (χ0n) is 22.6. The Balaban J connectivity index is 1.67. The van der Waals surface area contributed by atoms with Crippen LogP contribution in [0, 0.1) is 0 Å². The molecule has 1 saturated carbocycles. The third kappa shape index (κ3) is 7.14. The first-order chi connectivity index (χ1) is 19.2. The first-order valence-electron chi connectivity index (χ1n) is 13.2. The normalized spacial score (nSPS) is 14.4. The summed E-state index contributed by atoms with van der Waals surface area (Å²) in [6.07, 6.45) is 3.93. The molecule has 0 aromatic heterocycles. The lowest BCUT2D eigenvalue weighted by molar-refractivity contribution is -0.139. The minimum Gasteiger partial charge on any atom is -0.497 e. The van der Waals surface area contributed by atoms with E-state index in [1.807, 2.05) is 0 Å². The van der Waals surface area contributed by atoms with Crippen LogP contribution in [0.5, 0.6) is 5.75 Å². The van der Waals surface area contributed by atoms with Gasteiger partial charge in [0.25, 0.3) is 10.0 Å². The summed E-state index contributed by atoms with van der Waals surface area (Å²) in [5, 5.41) is 3.61. The van der Waals surface area contributed by atoms with Gasteiger partial charge in [-0.05, 0) is 73.9 Å². The molecule has 10 heteroatoms. The van der Waals surface area contributed by atoms with Gasteiger partial charge in [-0.2, -0.15) is 0 Å². The van der Waals surface area contributed by atoms with Crippen LogP contribution in [0.25, 0.3) is 0 Å². The average Bonchev–Trinajstić information content (AvgIpc) is 3.48. The minimum atomic E-state index is -4.12. The van der Waals surface area contributed by atoms with Gasteiger partial charge in [0.1, 0.15) is 18.3 Å². The van der Waals surface area contributed by atoms with Crippen molar-refractivity contribution >= 4 is 39.1 Å². The number of nitrogens with zero attached hydrogens (tertiary/aromatic N) is 2. The molecule has 0 spiro atoms. The van der Waals surface area contributed by atoms with Gasteiger partial charge in [0, 0.05) is 17.6 Å². The molecule has 8 nitrogen and oxygen atoms in total. The van der Waals surface area contributed by atoms with Crippen molar-refractivity contribution in [3.63, 3.8) is 0 Å². The first kappa shape index (κ1) is 29.4. The van der Waals surface area contributed by atoms with E-state index in [0.29, 0.717) is 16.5 Å². The molecule has 0 aliphatic heterocycles. The van der Waals surface area contributed by atoms with Crippen LogP contribution in [-0.2, 0) is 26.2 Å². The predicted molar refractivity (Wildman–Crippen MR) is 156 cm³/mol. The summed E-state index contributed by atoms with van der Waals surface area (Å²) < 4.78 is 33.9. The smallest absolute Gasteiger partial charge is 0.264 e. The monoisotopic (exact) mass is 583 g/mol. The number of nitrogens with one attached hydrogen (secondary N) is 1. The molecule has 0 saturated heterocycles. The zero-order valence-corrected chi connectivity index (χ0v) is 24.2. The second-order valence-corrected chi connectivity index (χ2v) is 12.1. The average molecular weight is 584 g/mol. The van der Waals surface area contributed by atoms with Crippen molar-refractivity contribution in [3.05, 3.63) is 89.4 Å². The van der Waals surface area contributed by atoms with E-state index in [0.717, 1.165) is 35.6 Å². The van der Waals surface area contributed by atoms with Crippen molar-refractivity contribution in [3.8, 4) is 5.75 Å². The molecule has 0 radical (unpaired) electrons. The third-order valence-corrected chi connectivity index (χ3v) is 9.15. The van der Waals surface area contributed by atoms with Crippen LogP contribution >= 0.6 is 11.6 Å². The summed E-state index contributed by atoms with van der Waals surface area (Å²) in [4.78, 5) is 28.7. The van der Waals surface area contributed by atoms with E-state index < -0.39 is 28.5 Å². The number of benzene rings is 3. The van der Waals surface area contributed by atoms with Crippen LogP contribution in [0.15, 0.2) is 83.8 Å². The topological polar surface area (TPSA) is 96.0 Å². The molecule has 212 valence electrons. The molecule has 1 unspecified atom stereocenters. The Kier molecular flexibility index (Phi) is 9.71. The molecule has 1 atom stereocenters. The molecule has 1 aliphatic rings. The number of anilines is 1. The van der Waals surface area contributed by atoms with Crippen LogP contribution in [0.3, 0.4) is 0 Å². The Morgan fingerprint density at radius 1 is 0.975 bits per heavy atom. The second kappa shape index (κ2) is 13.2. The molecule has 1 N–H and O–H groups in total. The van der Waals surface area contributed by atoms with Gasteiger partial charge in [-0.3, -0.25) is 13.9 Å². The highest BCUT2D eigenvalue weighted by molar-refractivity contribution is 7.92. The van der Waals surface area contributed by atoms with Gasteiger partial charge in [0.15, 0.2) is 0 Å². The molecular weight excluding hydrogens is 550 g/mol. The summed E-state index contributed by atoms with van der Waals surface area (Å²) in [7, 11) is -2.60. The maximum atomic E-state index is 14.0. The quantitative estimate of drug-likeness (QED) is 0.342. The lowest BCUT2D eigenvalue weighted by Gasteiger charge is -2.32. The summed E-state index contributed by atoms with van der Waals surface area (Å²) in [5.74, 6) is -0.232. The Morgan fingerprint density at radius 2 is 1.60 bits per heavy atom. The molecule has 2 amide bonds. The number of carbonyl (C=O) groups excluding carboxylic acids is 2. The van der Waals surface area contributed by atoms with Crippen LogP contribution in [0.4, 0.5) is 5.69 Å². The molecule has 1 fully saturated rings. The number of rotatable bonds is 11. The first-order valence-corrected chi connectivity index (χ1v) is 15.1. The summed E-state index contributed by atoms with van der Waals surface area (Å²) in [6.45, 7) is 1.27. The van der Waals surface area contributed by atoms with E-state index in [2.05, 4.69) is 5.32 Å². The Labute approximate surface area is 240 Å². The molecule has 3 aromatic carbocycles. The van der Waals surface area contributed by atoms with Gasteiger partial charge in [-0.1, -0.05) is 54.8 Å². The van der Waals surface area contributed by atoms with Gasteiger partial charge in [-0.15, -0.1) is 0 Å². The molecule has 0 heterocycles. The van der Waals surface area contributed by atoms with Crippen molar-refractivity contribution in [1.29, 1.82) is 0 Å². The number of amides is 2. The number of halogens is 1. The maximum Gasteiger partial charge on any atom is 0.264 e. The van der Waals surface area contributed by atoms with Crippen molar-refractivity contribution in [1.82, 2.24) is 10.2 Å². The number of ether oxygens (including phenoxy) is 1. The van der Waals surface area contributed by atoms with E-state index in [9.17, 15) is 18.0 Å². The van der Waals surface area contributed by atoms with E-state index in [-0.39, 0.29) is 23.4 Å². The number of sulfonamides is 1. The minimum absolute atomic E-state index is 0.0508. The van der Waals surface area contributed by atoms with E-state index in [1.165, 1.54) is 24.1 Å². The molecule has 0 bridgehead atoms.